The second-order valence-electron chi connectivity index (χ2n) is 17.8. The molecule has 8 rings (SSSR count). The maximum Gasteiger partial charge on any atom is 0.291 e. The van der Waals surface area contributed by atoms with Crippen LogP contribution in [-0.2, 0) is 46.1 Å². The minimum Gasteiger partial charge on any atom is -0.486 e. The Morgan fingerprint density at radius 3 is 1.32 bits per heavy atom. The maximum atomic E-state index is 13.6. The van der Waals surface area contributed by atoms with Gasteiger partial charge >= 0.3 is 0 Å². The van der Waals surface area contributed by atoms with Gasteiger partial charge in [0, 0.05) is 38.1 Å². The molecule has 4 N–H and O–H groups in total. The molecule has 77 heavy (non-hydrogen) atoms. The number of fused-ring (bicyclic) bond motifs is 2. The summed E-state index contributed by atoms with van der Waals surface area (Å²) in [6.45, 7) is 6.79. The van der Waals surface area contributed by atoms with Crippen molar-refractivity contribution in [3.63, 3.8) is 0 Å². The quantitative estimate of drug-likeness (QED) is 0.0560. The molecule has 21 nitrogen and oxygen atoms in total. The Labute approximate surface area is 445 Å². The van der Waals surface area contributed by atoms with Crippen LogP contribution in [-0.4, -0.2) is 158 Å². The van der Waals surface area contributed by atoms with Gasteiger partial charge in [-0.2, -0.15) is 0 Å². The van der Waals surface area contributed by atoms with Gasteiger partial charge in [-0.05, 0) is 61.4 Å². The molecule has 0 bridgehead atoms. The second-order valence-corrected chi connectivity index (χ2v) is 17.8. The van der Waals surface area contributed by atoms with Gasteiger partial charge in [0.25, 0.3) is 23.6 Å². The van der Waals surface area contributed by atoms with E-state index in [0.29, 0.717) is 111 Å². The third-order valence-electron chi connectivity index (χ3n) is 12.2. The van der Waals surface area contributed by atoms with E-state index in [1.807, 2.05) is 60.7 Å². The number of H-pyrrole nitrogens is 2. The van der Waals surface area contributed by atoms with Crippen molar-refractivity contribution in [2.24, 2.45) is 0 Å². The monoisotopic (exact) mass is 1050 g/mol. The zero-order valence-corrected chi connectivity index (χ0v) is 43.2. The van der Waals surface area contributed by atoms with Gasteiger partial charge in [0.05, 0.1) is 64.2 Å². The van der Waals surface area contributed by atoms with Crippen LogP contribution in [0.2, 0.25) is 0 Å². The number of amides is 4. The largest absolute Gasteiger partial charge is 0.486 e. The van der Waals surface area contributed by atoms with Gasteiger partial charge in [-0.3, -0.25) is 29.4 Å². The van der Waals surface area contributed by atoms with Crippen molar-refractivity contribution < 1.29 is 52.3 Å². The molecule has 0 fully saturated rings. The highest BCUT2D eigenvalue weighted by atomic mass is 16.6. The van der Waals surface area contributed by atoms with Crippen LogP contribution >= 0.6 is 0 Å². The van der Waals surface area contributed by atoms with Gasteiger partial charge in [0.15, 0.2) is 0 Å². The second kappa shape index (κ2) is 27.4. The summed E-state index contributed by atoms with van der Waals surface area (Å²) >= 11 is 0. The first kappa shape index (κ1) is 54.8. The van der Waals surface area contributed by atoms with Gasteiger partial charge in [-0.1, -0.05) is 84.3 Å². The first-order valence-corrected chi connectivity index (χ1v) is 25.1. The van der Waals surface area contributed by atoms with Crippen LogP contribution in [0.3, 0.4) is 0 Å². The fourth-order valence-electron chi connectivity index (χ4n) is 8.11. The number of hydrogen-bond acceptors (Lipinski definition) is 15. The Bertz CT molecular complexity index is 2890. The number of rotatable bonds is 22. The van der Waals surface area contributed by atoms with Crippen LogP contribution in [0.5, 0.6) is 11.5 Å². The first-order chi connectivity index (χ1) is 37.5. The summed E-state index contributed by atoms with van der Waals surface area (Å²) < 4.78 is 40.2. The van der Waals surface area contributed by atoms with Crippen molar-refractivity contribution >= 4 is 35.0 Å². The van der Waals surface area contributed by atoms with E-state index in [1.165, 1.54) is 9.80 Å². The van der Waals surface area contributed by atoms with Crippen molar-refractivity contribution in [1.82, 2.24) is 41.0 Å². The molecule has 0 radical (unpaired) electrons. The lowest BCUT2D eigenvalue weighted by molar-refractivity contribution is -0.122. The van der Waals surface area contributed by atoms with Gasteiger partial charge in [0.1, 0.15) is 60.7 Å². The van der Waals surface area contributed by atoms with Gasteiger partial charge < -0.3 is 53.6 Å². The Morgan fingerprint density at radius 2 is 0.935 bits per heavy atom. The molecule has 4 amide bonds. The molecule has 6 aromatic rings. The van der Waals surface area contributed by atoms with Crippen molar-refractivity contribution in [1.29, 1.82) is 0 Å². The van der Waals surface area contributed by atoms with E-state index < -0.39 is 36.1 Å². The Morgan fingerprint density at radius 1 is 0.558 bits per heavy atom. The molecule has 4 atom stereocenters. The van der Waals surface area contributed by atoms with Crippen molar-refractivity contribution in [3.8, 4) is 35.2 Å². The van der Waals surface area contributed by atoms with Crippen LogP contribution in [0.1, 0.15) is 69.0 Å². The first-order valence-electron chi connectivity index (χ1n) is 25.1. The van der Waals surface area contributed by atoms with Crippen LogP contribution in [0.25, 0.3) is 0 Å². The molecule has 0 saturated heterocycles. The van der Waals surface area contributed by atoms with Gasteiger partial charge in [-0.25, -0.2) is 9.97 Å². The van der Waals surface area contributed by atoms with Gasteiger partial charge in [-0.15, -0.1) is 10.2 Å². The van der Waals surface area contributed by atoms with E-state index in [4.69, 9.17) is 33.2 Å². The number of hydrogen-bond donors (Lipinski definition) is 4. The lowest BCUT2D eigenvalue weighted by Crippen LogP contribution is -2.53. The zero-order valence-electron chi connectivity index (χ0n) is 43.2. The number of nitrogens with one attached hydrogen (secondary N) is 4. The summed E-state index contributed by atoms with van der Waals surface area (Å²) in [5.74, 6) is 12.1. The predicted octanol–water partition coefficient (Wildman–Crippen LogP) is 3.68. The number of ether oxygens (including phenoxy) is 7. The molecule has 4 aromatic carbocycles. The molecule has 4 heterocycles. The summed E-state index contributed by atoms with van der Waals surface area (Å²) in [5, 5.41) is 19.2. The van der Waals surface area contributed by atoms with E-state index in [0.717, 1.165) is 11.1 Å². The minimum atomic E-state index is -0.991. The van der Waals surface area contributed by atoms with Crippen molar-refractivity contribution in [2.75, 3.05) is 90.0 Å². The summed E-state index contributed by atoms with van der Waals surface area (Å²) in [7, 11) is 3.25. The zero-order chi connectivity index (χ0) is 53.9. The number of carbonyl (C=O) groups excluding carboxylic acids is 4. The molecule has 0 unspecified atom stereocenters. The molecule has 2 aliphatic heterocycles. The minimum absolute atomic E-state index is 0.0667. The SMILES string of the molecule is C[C@H]1Oc2ccc(C#CCOCCOCCOCCOCCOCC#Cc3ccc4c(c3)N(C)C(=O)[C@@H](NC(=O)c3n[nH]c(Cc5ccccc5)n3)[C@@H](C)O4)cc2N(C)C(=O)[C@H]1NC(=O)c1n[nH]c(Cc2ccccc2)n1. The van der Waals surface area contributed by atoms with Crippen molar-refractivity contribution in [2.45, 2.75) is 51.0 Å². The summed E-state index contributed by atoms with van der Waals surface area (Å²) in [6, 6.07) is 28.0. The predicted molar refractivity (Wildman–Crippen MR) is 282 cm³/mol. The average molecular weight is 1050 g/mol. The number of likely N-dealkylation sites (N-methyl/N-ethyl adjacent to an activating group) is 2. The van der Waals surface area contributed by atoms with Crippen LogP contribution in [0, 0.1) is 23.7 Å². The summed E-state index contributed by atoms with van der Waals surface area (Å²) in [5.41, 5.74) is 4.38. The molecule has 0 spiro atoms. The molecule has 21 heteroatoms. The summed E-state index contributed by atoms with van der Waals surface area (Å²) in [4.78, 5) is 65.0. The fraction of sp³-hybridized carbons (Fsp3) is 0.357. The lowest BCUT2D eigenvalue weighted by Gasteiger charge is -2.23. The van der Waals surface area contributed by atoms with E-state index in [2.05, 4.69) is 64.7 Å². The topological polar surface area (TPSA) is 247 Å². The third-order valence-corrected chi connectivity index (χ3v) is 12.2. The fourth-order valence-corrected chi connectivity index (χ4v) is 8.11. The standard InChI is InChI=1S/C56H60N10O11/c1-37-49(59-53(67)51-57-47(61-63-51)35-39-13-7-5-8-14-39)55(69)65(3)43-33-41(19-21-45(43)76-37)17-11-23-71-25-27-73-29-31-75-32-30-74-28-26-72-24-12-18-42-20-22-46-44(34-42)66(4)56(70)50(38(2)77-46)60-54(68)52-58-48(62-64-52)36-40-15-9-6-10-16-40/h5-10,13-16,19-22,33-34,37-38,49-50H,23-32,35-36H2,1-4H3,(H,59,67)(H,60,68)(H,57,61,63)(H,58,62,64)/t37-,38-,49+,50+/m1/s1. The molecular formula is C56H60N10O11. The molecule has 0 aliphatic carbocycles. The molecular weight excluding hydrogens is 989 g/mol. The van der Waals surface area contributed by atoms with Crippen LogP contribution in [0.15, 0.2) is 97.1 Å². The highest BCUT2D eigenvalue weighted by Gasteiger charge is 2.38. The summed E-state index contributed by atoms with van der Waals surface area (Å²) in [6.07, 6.45) is -0.407. The number of benzene rings is 4. The number of anilines is 2. The molecule has 0 saturated carbocycles. The van der Waals surface area contributed by atoms with Crippen LogP contribution in [0.4, 0.5) is 11.4 Å². The van der Waals surface area contributed by atoms with Crippen molar-refractivity contribution in [3.05, 3.63) is 143 Å². The third kappa shape index (κ3) is 15.3. The Balaban J connectivity index is 0.647. The molecule has 400 valence electrons. The number of aromatic amines is 2. The normalized spacial score (nSPS) is 16.8. The van der Waals surface area contributed by atoms with Crippen LogP contribution < -0.4 is 29.9 Å². The van der Waals surface area contributed by atoms with E-state index in [9.17, 15) is 19.2 Å². The average Bonchev–Trinajstić information content (AvgIpc) is 4.10. The highest BCUT2D eigenvalue weighted by Crippen LogP contribution is 2.35. The lowest BCUT2D eigenvalue weighted by atomic mass is 10.1. The number of nitrogens with zero attached hydrogens (tertiary/aromatic N) is 6. The Kier molecular flexibility index (Phi) is 19.5. The number of carbonyl (C=O) groups is 4. The molecule has 2 aliphatic rings. The molecule has 2 aromatic heterocycles. The van der Waals surface area contributed by atoms with Gasteiger partial charge in [0.2, 0.25) is 11.6 Å². The number of aromatic nitrogens is 6. The maximum absolute atomic E-state index is 13.6. The van der Waals surface area contributed by atoms with E-state index >= 15 is 0 Å². The van der Waals surface area contributed by atoms with E-state index in [1.54, 1.807) is 64.3 Å². The highest BCUT2D eigenvalue weighted by molar-refractivity contribution is 6.04. The Hall–Kier alpha value is -8.44. The van der Waals surface area contributed by atoms with E-state index in [-0.39, 0.29) is 36.7 Å². The smallest absolute Gasteiger partial charge is 0.291 e.